The van der Waals surface area contributed by atoms with Gasteiger partial charge >= 0.3 is 6.09 Å². The number of benzene rings is 3. The molecule has 0 aromatic heterocycles. The fraction of sp³-hybridized carbons (Fsp3) is 0.200. The van der Waals surface area contributed by atoms with E-state index in [1.54, 1.807) is 18.2 Å². The second-order valence-corrected chi connectivity index (χ2v) is 8.37. The van der Waals surface area contributed by atoms with Crippen molar-refractivity contribution in [3.63, 3.8) is 0 Å². The van der Waals surface area contributed by atoms with Gasteiger partial charge in [0.25, 0.3) is 0 Å². The molecule has 0 heterocycles. The monoisotopic (exact) mass is 435 g/mol. The summed E-state index contributed by atoms with van der Waals surface area (Å²) >= 11 is 1.26. The highest BCUT2D eigenvalue weighted by molar-refractivity contribution is 7.99. The van der Waals surface area contributed by atoms with E-state index in [1.165, 1.54) is 17.8 Å². The third kappa shape index (κ3) is 4.80. The quantitative estimate of drug-likeness (QED) is 0.379. The SMILES string of the molecule is O=CC[C@H](CSc1ccccc1F)NC(=O)OCC1c2ccccc2-c2ccccc21. The fourth-order valence-electron chi connectivity index (χ4n) is 3.84. The van der Waals surface area contributed by atoms with Crippen molar-refractivity contribution in [2.45, 2.75) is 23.3 Å². The molecule has 4 rings (SSSR count). The maximum atomic E-state index is 13.8. The minimum absolute atomic E-state index is 0.0320. The van der Waals surface area contributed by atoms with Gasteiger partial charge in [0, 0.05) is 29.0 Å². The number of hydrogen-bond donors (Lipinski definition) is 1. The number of carbonyl (C=O) groups excluding carboxylic acids is 2. The number of amides is 1. The Morgan fingerprint density at radius 1 is 1.00 bits per heavy atom. The lowest BCUT2D eigenvalue weighted by Gasteiger charge is -2.18. The lowest BCUT2D eigenvalue weighted by molar-refractivity contribution is -0.108. The van der Waals surface area contributed by atoms with Crippen LogP contribution in [0.25, 0.3) is 11.1 Å². The molecular weight excluding hydrogens is 413 g/mol. The Morgan fingerprint density at radius 3 is 2.26 bits per heavy atom. The molecule has 3 aromatic carbocycles. The molecule has 0 unspecified atom stereocenters. The Balaban J connectivity index is 1.38. The topological polar surface area (TPSA) is 55.4 Å². The van der Waals surface area contributed by atoms with Crippen molar-refractivity contribution in [3.05, 3.63) is 89.7 Å². The van der Waals surface area contributed by atoms with Crippen LogP contribution in [-0.4, -0.2) is 30.8 Å². The van der Waals surface area contributed by atoms with Crippen molar-refractivity contribution in [3.8, 4) is 11.1 Å². The van der Waals surface area contributed by atoms with Crippen molar-refractivity contribution in [2.24, 2.45) is 0 Å². The van der Waals surface area contributed by atoms with Crippen molar-refractivity contribution < 1.29 is 18.7 Å². The van der Waals surface area contributed by atoms with E-state index in [0.29, 0.717) is 10.6 Å². The maximum Gasteiger partial charge on any atom is 0.407 e. The molecule has 0 spiro atoms. The maximum absolute atomic E-state index is 13.8. The molecule has 0 aliphatic heterocycles. The molecule has 0 radical (unpaired) electrons. The van der Waals surface area contributed by atoms with E-state index in [0.717, 1.165) is 28.5 Å². The molecule has 1 atom stereocenters. The molecule has 0 saturated heterocycles. The van der Waals surface area contributed by atoms with E-state index in [2.05, 4.69) is 29.6 Å². The van der Waals surface area contributed by atoms with Crippen LogP contribution in [0, 0.1) is 5.82 Å². The third-order valence-electron chi connectivity index (χ3n) is 5.32. The number of rotatable bonds is 8. The van der Waals surface area contributed by atoms with Gasteiger partial charge in [-0.3, -0.25) is 0 Å². The Bertz CT molecular complexity index is 1040. The minimum Gasteiger partial charge on any atom is -0.449 e. The van der Waals surface area contributed by atoms with Gasteiger partial charge < -0.3 is 14.8 Å². The first-order valence-corrected chi connectivity index (χ1v) is 11.1. The number of thioether (sulfide) groups is 1. The summed E-state index contributed by atoms with van der Waals surface area (Å²) in [5.41, 5.74) is 4.59. The zero-order valence-corrected chi connectivity index (χ0v) is 17.6. The van der Waals surface area contributed by atoms with Gasteiger partial charge in [-0.15, -0.1) is 11.8 Å². The van der Waals surface area contributed by atoms with Gasteiger partial charge in [0.2, 0.25) is 0 Å². The summed E-state index contributed by atoms with van der Waals surface area (Å²) in [6, 6.07) is 22.2. The van der Waals surface area contributed by atoms with Gasteiger partial charge in [-0.2, -0.15) is 0 Å². The van der Waals surface area contributed by atoms with Crippen LogP contribution in [-0.2, 0) is 9.53 Å². The highest BCUT2D eigenvalue weighted by Crippen LogP contribution is 2.44. The molecule has 31 heavy (non-hydrogen) atoms. The number of aldehydes is 1. The summed E-state index contributed by atoms with van der Waals surface area (Å²) in [6.45, 7) is 0.203. The van der Waals surface area contributed by atoms with E-state index in [-0.39, 0.29) is 24.8 Å². The van der Waals surface area contributed by atoms with Gasteiger partial charge in [0.15, 0.2) is 0 Å². The van der Waals surface area contributed by atoms with Crippen LogP contribution in [0.3, 0.4) is 0 Å². The molecular formula is C25H22FNO3S. The number of ether oxygens (including phenoxy) is 1. The molecule has 3 aromatic rings. The summed E-state index contributed by atoms with van der Waals surface area (Å²) in [7, 11) is 0. The van der Waals surface area contributed by atoms with E-state index < -0.39 is 12.1 Å². The summed E-state index contributed by atoms with van der Waals surface area (Å²) in [6.07, 6.45) is 0.296. The molecule has 0 bridgehead atoms. The fourth-order valence-corrected chi connectivity index (χ4v) is 4.82. The number of nitrogens with one attached hydrogen (secondary N) is 1. The van der Waals surface area contributed by atoms with Crippen LogP contribution < -0.4 is 5.32 Å². The Kier molecular flexibility index (Phi) is 6.67. The van der Waals surface area contributed by atoms with E-state index in [9.17, 15) is 14.0 Å². The van der Waals surface area contributed by atoms with E-state index in [4.69, 9.17) is 4.74 Å². The largest absolute Gasteiger partial charge is 0.449 e. The standard InChI is InChI=1S/C25H22FNO3S/c26-23-11-5-6-12-24(23)31-16-17(13-14-28)27-25(29)30-15-22-20-9-3-1-7-18(20)19-8-2-4-10-21(19)22/h1-12,14,17,22H,13,15-16H2,(H,27,29)/t17-/m1/s1. The van der Waals surface area contributed by atoms with Crippen molar-refractivity contribution in [1.82, 2.24) is 5.32 Å². The van der Waals surface area contributed by atoms with Gasteiger partial charge in [-0.1, -0.05) is 60.7 Å². The molecule has 1 aliphatic rings. The third-order valence-corrected chi connectivity index (χ3v) is 6.53. The number of halogens is 1. The molecule has 4 nitrogen and oxygen atoms in total. The second-order valence-electron chi connectivity index (χ2n) is 7.31. The average molecular weight is 436 g/mol. The van der Waals surface area contributed by atoms with Crippen LogP contribution in [0.2, 0.25) is 0 Å². The van der Waals surface area contributed by atoms with Gasteiger partial charge in [-0.25, -0.2) is 9.18 Å². The first-order chi connectivity index (χ1) is 15.2. The highest BCUT2D eigenvalue weighted by Gasteiger charge is 2.29. The van der Waals surface area contributed by atoms with Crippen LogP contribution in [0.1, 0.15) is 23.5 Å². The van der Waals surface area contributed by atoms with Gasteiger partial charge in [0.1, 0.15) is 18.7 Å². The molecule has 0 fully saturated rings. The number of hydrogen-bond acceptors (Lipinski definition) is 4. The Morgan fingerprint density at radius 2 is 1.61 bits per heavy atom. The minimum atomic E-state index is -0.581. The summed E-state index contributed by atoms with van der Waals surface area (Å²) in [5, 5.41) is 2.74. The first kappa shape index (κ1) is 21.1. The Hall–Kier alpha value is -3.12. The zero-order chi connectivity index (χ0) is 21.6. The number of carbonyl (C=O) groups is 2. The van der Waals surface area contributed by atoms with Gasteiger partial charge in [0.05, 0.1) is 0 Å². The lowest BCUT2D eigenvalue weighted by atomic mass is 9.98. The van der Waals surface area contributed by atoms with E-state index in [1.807, 2.05) is 24.3 Å². The highest BCUT2D eigenvalue weighted by atomic mass is 32.2. The molecule has 0 saturated carbocycles. The van der Waals surface area contributed by atoms with Crippen molar-refractivity contribution in [2.75, 3.05) is 12.4 Å². The lowest BCUT2D eigenvalue weighted by Crippen LogP contribution is -2.38. The van der Waals surface area contributed by atoms with Crippen LogP contribution in [0.15, 0.2) is 77.7 Å². The van der Waals surface area contributed by atoms with E-state index >= 15 is 0 Å². The number of fused-ring (bicyclic) bond motifs is 3. The molecule has 1 N–H and O–H groups in total. The van der Waals surface area contributed by atoms with Gasteiger partial charge in [-0.05, 0) is 34.4 Å². The average Bonchev–Trinajstić information content (AvgIpc) is 3.11. The van der Waals surface area contributed by atoms with Crippen LogP contribution in [0.5, 0.6) is 0 Å². The molecule has 1 amide bonds. The number of alkyl carbamates (subject to hydrolysis) is 1. The van der Waals surface area contributed by atoms with Crippen LogP contribution >= 0.6 is 11.8 Å². The predicted molar refractivity (Wildman–Crippen MR) is 120 cm³/mol. The second kappa shape index (κ2) is 9.79. The summed E-state index contributed by atoms with van der Waals surface area (Å²) in [4.78, 5) is 24.0. The normalized spacial score (nSPS) is 13.2. The molecule has 158 valence electrons. The van der Waals surface area contributed by atoms with Crippen molar-refractivity contribution >= 4 is 24.1 Å². The summed E-state index contributed by atoms with van der Waals surface area (Å²) in [5.74, 6) is 0.0121. The molecule has 1 aliphatic carbocycles. The Labute approximate surface area is 184 Å². The van der Waals surface area contributed by atoms with Crippen molar-refractivity contribution in [1.29, 1.82) is 0 Å². The predicted octanol–water partition coefficient (Wildman–Crippen LogP) is 5.41. The zero-order valence-electron chi connectivity index (χ0n) is 16.8. The first-order valence-electron chi connectivity index (χ1n) is 10.1. The molecule has 6 heteroatoms. The smallest absolute Gasteiger partial charge is 0.407 e. The van der Waals surface area contributed by atoms with Crippen LogP contribution in [0.4, 0.5) is 9.18 Å². The summed E-state index contributed by atoms with van der Waals surface area (Å²) < 4.78 is 19.4.